The molecule has 6 heteroatoms. The Labute approximate surface area is 169 Å². The molecule has 0 unspecified atom stereocenters. The van der Waals surface area contributed by atoms with Gasteiger partial charge < -0.3 is 10.4 Å². The van der Waals surface area contributed by atoms with Crippen LogP contribution in [0.2, 0.25) is 0 Å². The van der Waals surface area contributed by atoms with Gasteiger partial charge in [-0.15, -0.1) is 21.5 Å². The number of phenols is 1. The lowest BCUT2D eigenvalue weighted by atomic mass is 9.89. The summed E-state index contributed by atoms with van der Waals surface area (Å²) in [6.07, 6.45) is 6.53. The Morgan fingerprint density at radius 3 is 2.82 bits per heavy atom. The number of nitrogens with zero attached hydrogens (tertiary/aromatic N) is 3. The van der Waals surface area contributed by atoms with E-state index in [1.165, 1.54) is 38.6 Å². The SMILES string of the molecule is Cc1cc(N[C@@H]2CCCN(C3CCC3)C2)nnc1-c1ccc2sccc2c1O. The number of rotatable bonds is 4. The minimum absolute atomic E-state index is 0.292. The lowest BCUT2D eigenvalue weighted by Gasteiger charge is -2.42. The largest absolute Gasteiger partial charge is 0.507 e. The molecule has 2 fully saturated rings. The molecule has 146 valence electrons. The topological polar surface area (TPSA) is 61.3 Å². The average Bonchev–Trinajstić information content (AvgIpc) is 3.12. The molecule has 0 bridgehead atoms. The average molecular weight is 395 g/mol. The maximum atomic E-state index is 10.7. The smallest absolute Gasteiger partial charge is 0.149 e. The molecule has 1 saturated carbocycles. The van der Waals surface area contributed by atoms with Crippen LogP contribution < -0.4 is 5.32 Å². The summed E-state index contributed by atoms with van der Waals surface area (Å²) in [5.41, 5.74) is 2.52. The van der Waals surface area contributed by atoms with Crippen LogP contribution in [0.3, 0.4) is 0 Å². The van der Waals surface area contributed by atoms with Crippen LogP contribution in [0, 0.1) is 6.92 Å². The van der Waals surface area contributed by atoms with Gasteiger partial charge in [0.05, 0.1) is 5.69 Å². The van der Waals surface area contributed by atoms with Crippen LogP contribution in [0.15, 0.2) is 29.6 Å². The molecule has 5 rings (SSSR count). The normalized spacial score (nSPS) is 21.0. The minimum Gasteiger partial charge on any atom is -0.507 e. The minimum atomic E-state index is 0.292. The predicted octanol–water partition coefficient (Wildman–Crippen LogP) is 4.80. The number of nitrogens with one attached hydrogen (secondary N) is 1. The van der Waals surface area contributed by atoms with E-state index in [0.717, 1.165) is 45.3 Å². The number of fused-ring (bicyclic) bond motifs is 1. The highest BCUT2D eigenvalue weighted by Crippen LogP contribution is 2.38. The number of likely N-dealkylation sites (tertiary alicyclic amines) is 1. The second kappa shape index (κ2) is 7.33. The van der Waals surface area contributed by atoms with Gasteiger partial charge >= 0.3 is 0 Å². The molecule has 1 aliphatic carbocycles. The van der Waals surface area contributed by atoms with E-state index in [1.807, 2.05) is 30.5 Å². The van der Waals surface area contributed by atoms with E-state index in [4.69, 9.17) is 0 Å². The summed E-state index contributed by atoms with van der Waals surface area (Å²) in [6, 6.07) is 9.23. The molecule has 2 N–H and O–H groups in total. The van der Waals surface area contributed by atoms with Gasteiger partial charge in [-0.1, -0.05) is 6.42 Å². The van der Waals surface area contributed by atoms with Crippen molar-refractivity contribution in [2.75, 3.05) is 18.4 Å². The summed E-state index contributed by atoms with van der Waals surface area (Å²) >= 11 is 1.63. The fourth-order valence-corrected chi connectivity index (χ4v) is 5.25. The van der Waals surface area contributed by atoms with Gasteiger partial charge in [0.25, 0.3) is 0 Å². The molecule has 2 aromatic heterocycles. The molecule has 0 spiro atoms. The lowest BCUT2D eigenvalue weighted by Crippen LogP contribution is -2.49. The number of aromatic nitrogens is 2. The van der Waals surface area contributed by atoms with Crippen LogP contribution in [-0.2, 0) is 0 Å². The van der Waals surface area contributed by atoms with Crippen LogP contribution in [0.5, 0.6) is 5.75 Å². The zero-order valence-corrected chi connectivity index (χ0v) is 17.0. The highest BCUT2D eigenvalue weighted by atomic mass is 32.1. The van der Waals surface area contributed by atoms with Gasteiger partial charge in [0, 0.05) is 34.3 Å². The van der Waals surface area contributed by atoms with Gasteiger partial charge in [0.1, 0.15) is 11.6 Å². The molecule has 0 radical (unpaired) electrons. The number of anilines is 1. The molecule has 1 atom stereocenters. The van der Waals surface area contributed by atoms with Crippen molar-refractivity contribution in [3.05, 3.63) is 35.2 Å². The van der Waals surface area contributed by atoms with Crippen LogP contribution >= 0.6 is 11.3 Å². The van der Waals surface area contributed by atoms with Gasteiger partial charge in [-0.2, -0.15) is 0 Å². The van der Waals surface area contributed by atoms with Crippen molar-refractivity contribution in [3.8, 4) is 17.0 Å². The third-order valence-electron chi connectivity index (χ3n) is 6.24. The molecule has 1 saturated heterocycles. The van der Waals surface area contributed by atoms with Gasteiger partial charge in [-0.05, 0) is 74.4 Å². The van der Waals surface area contributed by atoms with Crippen LogP contribution in [-0.4, -0.2) is 45.4 Å². The number of benzene rings is 1. The Morgan fingerprint density at radius 2 is 2.04 bits per heavy atom. The molecule has 3 aromatic rings. The molecule has 3 heterocycles. The van der Waals surface area contributed by atoms with E-state index < -0.39 is 0 Å². The third kappa shape index (κ3) is 3.25. The number of piperidine rings is 1. The molecular weight excluding hydrogens is 368 g/mol. The third-order valence-corrected chi connectivity index (χ3v) is 7.12. The number of hydrogen-bond donors (Lipinski definition) is 2. The predicted molar refractivity (Wildman–Crippen MR) is 115 cm³/mol. The second-order valence-electron chi connectivity index (χ2n) is 8.12. The first-order valence-electron chi connectivity index (χ1n) is 10.2. The van der Waals surface area contributed by atoms with Crippen molar-refractivity contribution in [3.63, 3.8) is 0 Å². The Morgan fingerprint density at radius 1 is 1.14 bits per heavy atom. The molecule has 2 aliphatic rings. The number of aromatic hydroxyl groups is 1. The highest BCUT2D eigenvalue weighted by molar-refractivity contribution is 7.17. The fourth-order valence-electron chi connectivity index (χ4n) is 4.46. The zero-order valence-electron chi connectivity index (χ0n) is 16.2. The monoisotopic (exact) mass is 394 g/mol. The Hall–Kier alpha value is -2.18. The van der Waals surface area contributed by atoms with Crippen LogP contribution in [0.25, 0.3) is 21.3 Å². The summed E-state index contributed by atoms with van der Waals surface area (Å²) in [7, 11) is 0. The van der Waals surface area contributed by atoms with Crippen LogP contribution in [0.4, 0.5) is 5.82 Å². The Bertz CT molecular complexity index is 997. The quantitative estimate of drug-likeness (QED) is 0.665. The molecule has 5 nitrogen and oxygen atoms in total. The van der Waals surface area contributed by atoms with E-state index in [9.17, 15) is 5.11 Å². The number of aryl methyl sites for hydroxylation is 1. The highest BCUT2D eigenvalue weighted by Gasteiger charge is 2.29. The number of thiophene rings is 1. The van der Waals surface area contributed by atoms with Gasteiger partial charge in [0.2, 0.25) is 0 Å². The standard InChI is InChI=1S/C22H26N4OS/c1-14-12-20(23-15-4-3-10-26(13-15)16-5-2-6-16)24-25-21(14)18-7-8-19-17(22(18)27)9-11-28-19/h7-9,11-12,15-16,27H,2-6,10,13H2,1H3,(H,23,24)/t15-/m1/s1. The second-order valence-corrected chi connectivity index (χ2v) is 9.07. The first-order chi connectivity index (χ1) is 13.7. The van der Waals surface area contributed by atoms with E-state index in [-0.39, 0.29) is 0 Å². The van der Waals surface area contributed by atoms with Crippen molar-refractivity contribution < 1.29 is 5.11 Å². The van der Waals surface area contributed by atoms with E-state index in [1.54, 1.807) is 11.3 Å². The summed E-state index contributed by atoms with van der Waals surface area (Å²) in [5.74, 6) is 1.12. The number of phenolic OH excluding ortho intramolecular Hbond substituents is 1. The van der Waals surface area contributed by atoms with Gasteiger partial charge in [-0.3, -0.25) is 4.90 Å². The molecule has 0 amide bonds. The van der Waals surface area contributed by atoms with E-state index in [0.29, 0.717) is 11.8 Å². The molecule has 1 aromatic carbocycles. The summed E-state index contributed by atoms with van der Waals surface area (Å²) in [5, 5.41) is 26.0. The molecule has 1 aliphatic heterocycles. The first-order valence-corrected chi connectivity index (χ1v) is 11.1. The fraction of sp³-hybridized carbons (Fsp3) is 0.455. The van der Waals surface area contributed by atoms with Crippen molar-refractivity contribution in [1.82, 2.24) is 15.1 Å². The first kappa shape index (κ1) is 17.9. The summed E-state index contributed by atoms with van der Waals surface area (Å²) < 4.78 is 1.08. The van der Waals surface area contributed by atoms with Gasteiger partial charge in [0.15, 0.2) is 0 Å². The van der Waals surface area contributed by atoms with Crippen molar-refractivity contribution in [1.29, 1.82) is 0 Å². The van der Waals surface area contributed by atoms with Crippen molar-refractivity contribution >= 4 is 27.2 Å². The number of hydrogen-bond acceptors (Lipinski definition) is 6. The van der Waals surface area contributed by atoms with Crippen molar-refractivity contribution in [2.24, 2.45) is 0 Å². The summed E-state index contributed by atoms with van der Waals surface area (Å²) in [6.45, 7) is 4.37. The summed E-state index contributed by atoms with van der Waals surface area (Å²) in [4.78, 5) is 2.65. The molecular formula is C22H26N4OS. The lowest BCUT2D eigenvalue weighted by molar-refractivity contribution is 0.0990. The van der Waals surface area contributed by atoms with E-state index in [2.05, 4.69) is 26.5 Å². The van der Waals surface area contributed by atoms with E-state index >= 15 is 0 Å². The Balaban J connectivity index is 1.35. The zero-order chi connectivity index (χ0) is 19.1. The maximum Gasteiger partial charge on any atom is 0.149 e. The van der Waals surface area contributed by atoms with Crippen molar-refractivity contribution in [2.45, 2.75) is 51.1 Å². The van der Waals surface area contributed by atoms with Crippen LogP contribution in [0.1, 0.15) is 37.7 Å². The van der Waals surface area contributed by atoms with Gasteiger partial charge in [-0.25, -0.2) is 0 Å². The Kier molecular flexibility index (Phi) is 4.69. The maximum absolute atomic E-state index is 10.7. The molecule has 28 heavy (non-hydrogen) atoms.